The van der Waals surface area contributed by atoms with Gasteiger partial charge in [0.15, 0.2) is 0 Å². The molecule has 10 heteroatoms. The zero-order valence-corrected chi connectivity index (χ0v) is 23.4. The van der Waals surface area contributed by atoms with Gasteiger partial charge in [-0.3, -0.25) is 9.69 Å². The molecule has 0 aromatic heterocycles. The normalized spacial score (nSPS) is 13.1. The minimum Gasteiger partial charge on any atom is -0.497 e. The fourth-order valence-corrected chi connectivity index (χ4v) is 5.01. The molecule has 1 aliphatic heterocycles. The largest absolute Gasteiger partial charge is 0.497 e. The van der Waals surface area contributed by atoms with E-state index in [9.17, 15) is 9.59 Å². The number of nitrogens with zero attached hydrogens (tertiary/aromatic N) is 1. The van der Waals surface area contributed by atoms with Crippen molar-refractivity contribution in [1.29, 1.82) is 0 Å². The second-order valence-electron chi connectivity index (χ2n) is 9.38. The molecular formula is C29H33Cl2N5O3. The third-order valence-corrected chi connectivity index (χ3v) is 6.97. The lowest BCUT2D eigenvalue weighted by molar-refractivity contribution is -0.115. The van der Waals surface area contributed by atoms with Gasteiger partial charge in [-0.2, -0.15) is 0 Å². The second-order valence-corrected chi connectivity index (χ2v) is 10.2. The van der Waals surface area contributed by atoms with E-state index in [2.05, 4.69) is 26.2 Å². The number of benzene rings is 3. The van der Waals surface area contributed by atoms with Crippen molar-refractivity contribution in [3.05, 3.63) is 81.8 Å². The third kappa shape index (κ3) is 8.78. The summed E-state index contributed by atoms with van der Waals surface area (Å²) in [6.45, 7) is 3.85. The summed E-state index contributed by atoms with van der Waals surface area (Å²) in [4.78, 5) is 27.1. The Labute approximate surface area is 239 Å². The molecule has 4 N–H and O–H groups in total. The number of rotatable bonds is 11. The van der Waals surface area contributed by atoms with E-state index in [-0.39, 0.29) is 18.4 Å². The van der Waals surface area contributed by atoms with Gasteiger partial charge in [-0.15, -0.1) is 0 Å². The molecule has 0 spiro atoms. The molecule has 0 radical (unpaired) electrons. The number of carbonyl (C=O) groups is 2. The Morgan fingerprint density at radius 2 is 1.49 bits per heavy atom. The van der Waals surface area contributed by atoms with Gasteiger partial charge in [-0.1, -0.05) is 35.3 Å². The lowest BCUT2D eigenvalue weighted by atomic mass is 10.1. The van der Waals surface area contributed by atoms with Crippen LogP contribution in [0.2, 0.25) is 10.0 Å². The molecule has 1 fully saturated rings. The summed E-state index contributed by atoms with van der Waals surface area (Å²) in [5.41, 5.74) is 3.91. The van der Waals surface area contributed by atoms with Crippen molar-refractivity contribution in [2.75, 3.05) is 49.2 Å². The summed E-state index contributed by atoms with van der Waals surface area (Å²) in [7, 11) is 1.61. The van der Waals surface area contributed by atoms with E-state index >= 15 is 0 Å². The van der Waals surface area contributed by atoms with Gasteiger partial charge < -0.3 is 26.0 Å². The molecule has 3 aromatic carbocycles. The number of hydrogen-bond donors (Lipinski definition) is 4. The van der Waals surface area contributed by atoms with E-state index in [1.54, 1.807) is 7.11 Å². The quantitative estimate of drug-likeness (QED) is 0.212. The first-order valence-electron chi connectivity index (χ1n) is 12.9. The first kappa shape index (κ1) is 28.5. The molecule has 3 aromatic rings. The fourth-order valence-electron chi connectivity index (χ4n) is 4.38. The number of urea groups is 1. The molecular weight excluding hydrogens is 537 g/mol. The van der Waals surface area contributed by atoms with E-state index in [4.69, 9.17) is 27.9 Å². The maximum absolute atomic E-state index is 12.4. The minimum absolute atomic E-state index is 0.0995. The summed E-state index contributed by atoms with van der Waals surface area (Å²) >= 11 is 12.8. The van der Waals surface area contributed by atoms with Crippen LogP contribution in [0.15, 0.2) is 60.7 Å². The van der Waals surface area contributed by atoms with E-state index in [0.29, 0.717) is 34.5 Å². The summed E-state index contributed by atoms with van der Waals surface area (Å²) in [5, 5.41) is 12.5. The predicted octanol–water partition coefficient (Wildman–Crippen LogP) is 6.01. The molecule has 0 bridgehead atoms. The molecule has 1 saturated heterocycles. The molecule has 39 heavy (non-hydrogen) atoms. The second kappa shape index (κ2) is 14.1. The van der Waals surface area contributed by atoms with Crippen molar-refractivity contribution in [1.82, 2.24) is 10.2 Å². The summed E-state index contributed by atoms with van der Waals surface area (Å²) < 4.78 is 5.14. The Morgan fingerprint density at radius 1 is 0.846 bits per heavy atom. The van der Waals surface area contributed by atoms with Crippen molar-refractivity contribution < 1.29 is 14.3 Å². The molecule has 0 unspecified atom stereocenters. The van der Waals surface area contributed by atoms with Crippen LogP contribution in [0.1, 0.15) is 24.0 Å². The molecule has 1 aliphatic rings. The Kier molecular flexibility index (Phi) is 10.3. The van der Waals surface area contributed by atoms with E-state index in [0.717, 1.165) is 42.2 Å². The first-order chi connectivity index (χ1) is 18.9. The Hall–Kier alpha value is -3.46. The summed E-state index contributed by atoms with van der Waals surface area (Å²) in [5.74, 6) is 0.655. The number of amides is 3. The van der Waals surface area contributed by atoms with Crippen LogP contribution in [0.4, 0.5) is 21.9 Å². The standard InChI is InChI=1S/C29H33Cl2N5O3/c1-39-24-10-4-20(5-11-24)18-27(37)34-23-8-6-22(7-9-23)32-12-13-33-29(38)35-28-25(30)16-21(17-26(28)31)19-36-14-2-3-15-36/h4-11,16-17,32H,2-3,12-15,18-19H2,1H3,(H,34,37)(H2,33,35,38). The van der Waals surface area contributed by atoms with Crippen LogP contribution in [0.5, 0.6) is 5.75 Å². The van der Waals surface area contributed by atoms with Crippen LogP contribution < -0.4 is 26.0 Å². The topological polar surface area (TPSA) is 94.7 Å². The third-order valence-electron chi connectivity index (χ3n) is 6.38. The number of nitrogens with one attached hydrogen (secondary N) is 4. The molecule has 4 rings (SSSR count). The SMILES string of the molecule is COc1ccc(CC(=O)Nc2ccc(NCCNC(=O)Nc3c(Cl)cc(CN4CCCC4)cc3Cl)cc2)cc1. The van der Waals surface area contributed by atoms with Gasteiger partial charge in [0.2, 0.25) is 5.91 Å². The monoisotopic (exact) mass is 569 g/mol. The fraction of sp³-hybridized carbons (Fsp3) is 0.310. The maximum Gasteiger partial charge on any atom is 0.319 e. The molecule has 8 nitrogen and oxygen atoms in total. The highest BCUT2D eigenvalue weighted by atomic mass is 35.5. The minimum atomic E-state index is -0.386. The highest BCUT2D eigenvalue weighted by Gasteiger charge is 2.15. The molecule has 1 heterocycles. The Bertz CT molecular complexity index is 1240. The average molecular weight is 571 g/mol. The number of ether oxygens (including phenoxy) is 1. The summed E-state index contributed by atoms with van der Waals surface area (Å²) in [6.07, 6.45) is 2.70. The van der Waals surface area contributed by atoms with Crippen molar-refractivity contribution >= 4 is 52.2 Å². The number of anilines is 3. The van der Waals surface area contributed by atoms with Crippen LogP contribution in [0.3, 0.4) is 0 Å². The summed E-state index contributed by atoms with van der Waals surface area (Å²) in [6, 6.07) is 18.1. The zero-order chi connectivity index (χ0) is 27.6. The molecule has 3 amide bonds. The van der Waals surface area contributed by atoms with Crippen molar-refractivity contribution in [3.63, 3.8) is 0 Å². The van der Waals surface area contributed by atoms with Crippen LogP contribution in [0.25, 0.3) is 0 Å². The Balaban J connectivity index is 1.16. The van der Waals surface area contributed by atoms with Gasteiger partial charge in [0.25, 0.3) is 0 Å². The van der Waals surface area contributed by atoms with Gasteiger partial charge in [-0.05, 0) is 85.6 Å². The zero-order valence-electron chi connectivity index (χ0n) is 21.9. The van der Waals surface area contributed by atoms with Gasteiger partial charge in [0.05, 0.1) is 29.3 Å². The number of carbonyl (C=O) groups excluding carboxylic acids is 2. The highest BCUT2D eigenvalue weighted by Crippen LogP contribution is 2.32. The number of likely N-dealkylation sites (tertiary alicyclic amines) is 1. The molecule has 0 saturated carbocycles. The number of methoxy groups -OCH3 is 1. The van der Waals surface area contributed by atoms with E-state index in [1.165, 1.54) is 12.8 Å². The predicted molar refractivity (Wildman–Crippen MR) is 158 cm³/mol. The van der Waals surface area contributed by atoms with Gasteiger partial charge in [0, 0.05) is 31.0 Å². The van der Waals surface area contributed by atoms with Crippen LogP contribution in [-0.4, -0.2) is 50.1 Å². The van der Waals surface area contributed by atoms with E-state index in [1.807, 2.05) is 60.7 Å². The molecule has 0 atom stereocenters. The van der Waals surface area contributed by atoms with Gasteiger partial charge >= 0.3 is 6.03 Å². The number of halogens is 2. The van der Waals surface area contributed by atoms with Crippen LogP contribution in [-0.2, 0) is 17.8 Å². The Morgan fingerprint density at radius 3 is 2.13 bits per heavy atom. The smallest absolute Gasteiger partial charge is 0.319 e. The molecule has 206 valence electrons. The van der Waals surface area contributed by atoms with Crippen molar-refractivity contribution in [2.45, 2.75) is 25.8 Å². The first-order valence-corrected chi connectivity index (χ1v) is 13.7. The van der Waals surface area contributed by atoms with Gasteiger partial charge in [-0.25, -0.2) is 4.79 Å². The lowest BCUT2D eigenvalue weighted by Crippen LogP contribution is -2.32. The van der Waals surface area contributed by atoms with Crippen LogP contribution in [0, 0.1) is 0 Å². The number of hydrogen-bond acceptors (Lipinski definition) is 5. The average Bonchev–Trinajstić information content (AvgIpc) is 3.43. The van der Waals surface area contributed by atoms with Gasteiger partial charge in [0.1, 0.15) is 5.75 Å². The van der Waals surface area contributed by atoms with E-state index < -0.39 is 0 Å². The molecule has 0 aliphatic carbocycles. The van der Waals surface area contributed by atoms with Crippen molar-refractivity contribution in [2.24, 2.45) is 0 Å². The lowest BCUT2D eigenvalue weighted by Gasteiger charge is -2.17. The van der Waals surface area contributed by atoms with Crippen LogP contribution >= 0.6 is 23.2 Å². The van der Waals surface area contributed by atoms with Crippen molar-refractivity contribution in [3.8, 4) is 5.75 Å². The highest BCUT2D eigenvalue weighted by molar-refractivity contribution is 6.39. The maximum atomic E-state index is 12.4.